The van der Waals surface area contributed by atoms with Crippen LogP contribution < -0.4 is 10.1 Å². The van der Waals surface area contributed by atoms with Gasteiger partial charge in [-0.2, -0.15) is 0 Å². The summed E-state index contributed by atoms with van der Waals surface area (Å²) in [4.78, 5) is 34.9. The summed E-state index contributed by atoms with van der Waals surface area (Å²) in [6, 6.07) is 5.08. The van der Waals surface area contributed by atoms with E-state index in [0.29, 0.717) is 17.0 Å². The first-order valence-corrected chi connectivity index (χ1v) is 9.76. The second-order valence-corrected chi connectivity index (χ2v) is 8.07. The lowest BCUT2D eigenvalue weighted by molar-refractivity contribution is -0.118. The Bertz CT molecular complexity index is 1050. The lowest BCUT2D eigenvalue weighted by Crippen LogP contribution is -2.25. The van der Waals surface area contributed by atoms with Crippen molar-refractivity contribution in [2.45, 2.75) is 18.9 Å². The van der Waals surface area contributed by atoms with Crippen LogP contribution in [0.5, 0.6) is 5.75 Å². The van der Waals surface area contributed by atoms with E-state index in [9.17, 15) is 9.59 Å². The van der Waals surface area contributed by atoms with Gasteiger partial charge in [-0.25, -0.2) is 9.97 Å². The number of nitrogens with zero attached hydrogens (tertiary/aromatic N) is 2. The quantitative estimate of drug-likeness (QED) is 0.420. The molecule has 132 valence electrons. The molecule has 0 unspecified atom stereocenters. The van der Waals surface area contributed by atoms with Gasteiger partial charge >= 0.3 is 0 Å². The number of rotatable bonds is 4. The van der Waals surface area contributed by atoms with Gasteiger partial charge in [0, 0.05) is 15.8 Å². The summed E-state index contributed by atoms with van der Waals surface area (Å²) < 4.78 is 5.32. The maximum atomic E-state index is 12.6. The van der Waals surface area contributed by atoms with E-state index in [4.69, 9.17) is 4.74 Å². The number of hydrogen-bond donors (Lipinski definition) is 1. The zero-order valence-corrected chi connectivity index (χ0v) is 15.8. The van der Waals surface area contributed by atoms with Gasteiger partial charge in [0.1, 0.15) is 21.9 Å². The van der Waals surface area contributed by atoms with E-state index in [-0.39, 0.29) is 24.1 Å². The van der Waals surface area contributed by atoms with Crippen molar-refractivity contribution in [2.75, 3.05) is 17.7 Å². The minimum Gasteiger partial charge on any atom is -0.482 e. The molecule has 1 aliphatic heterocycles. The zero-order chi connectivity index (χ0) is 18.3. The number of amides is 1. The SMILES string of the molecule is Cc1sc2ncnc(SCC(=O)c3ccc4c(c3)NC(=O)CO4)c2c1C. The van der Waals surface area contributed by atoms with Gasteiger partial charge in [-0.1, -0.05) is 11.8 Å². The number of benzene rings is 1. The van der Waals surface area contributed by atoms with Crippen molar-refractivity contribution in [2.24, 2.45) is 0 Å². The van der Waals surface area contributed by atoms with Crippen molar-refractivity contribution in [3.63, 3.8) is 0 Å². The number of aromatic nitrogens is 2. The standard InChI is InChI=1S/C18H15N3O3S2/c1-9-10(2)26-18-16(9)17(19-8-20-18)25-7-13(22)11-3-4-14-12(5-11)21-15(23)6-24-14/h3-5,8H,6-7H2,1-2H3,(H,21,23). The molecule has 1 N–H and O–H groups in total. The number of carbonyl (C=O) groups is 2. The number of anilines is 1. The molecule has 8 heteroatoms. The number of thioether (sulfide) groups is 1. The van der Waals surface area contributed by atoms with Gasteiger partial charge < -0.3 is 10.1 Å². The number of ether oxygens (including phenoxy) is 1. The van der Waals surface area contributed by atoms with Crippen LogP contribution in [-0.2, 0) is 4.79 Å². The Labute approximate surface area is 158 Å². The summed E-state index contributed by atoms with van der Waals surface area (Å²) in [5.41, 5.74) is 2.23. The molecule has 4 rings (SSSR count). The summed E-state index contributed by atoms with van der Waals surface area (Å²) in [6.07, 6.45) is 1.54. The summed E-state index contributed by atoms with van der Waals surface area (Å²) in [5.74, 6) is 0.585. The highest BCUT2D eigenvalue weighted by Crippen LogP contribution is 2.35. The molecule has 1 amide bonds. The highest BCUT2D eigenvalue weighted by molar-refractivity contribution is 8.00. The molecule has 0 fully saturated rings. The summed E-state index contributed by atoms with van der Waals surface area (Å²) >= 11 is 3.04. The van der Waals surface area contributed by atoms with Crippen molar-refractivity contribution < 1.29 is 14.3 Å². The lowest BCUT2D eigenvalue weighted by atomic mass is 10.1. The molecular formula is C18H15N3O3S2. The van der Waals surface area contributed by atoms with E-state index in [2.05, 4.69) is 29.1 Å². The fourth-order valence-corrected chi connectivity index (χ4v) is 4.75. The van der Waals surface area contributed by atoms with Gasteiger partial charge in [-0.15, -0.1) is 11.3 Å². The van der Waals surface area contributed by atoms with Gasteiger partial charge in [0.05, 0.1) is 11.4 Å². The highest BCUT2D eigenvalue weighted by Gasteiger charge is 2.19. The fraction of sp³-hybridized carbons (Fsp3) is 0.222. The van der Waals surface area contributed by atoms with Crippen LogP contribution in [-0.4, -0.2) is 34.0 Å². The maximum Gasteiger partial charge on any atom is 0.262 e. The predicted molar refractivity (Wildman–Crippen MR) is 103 cm³/mol. The van der Waals surface area contributed by atoms with Crippen molar-refractivity contribution >= 4 is 50.7 Å². The zero-order valence-electron chi connectivity index (χ0n) is 14.2. The van der Waals surface area contributed by atoms with Crippen LogP contribution in [0.1, 0.15) is 20.8 Å². The second kappa shape index (κ2) is 6.69. The first kappa shape index (κ1) is 17.0. The fourth-order valence-electron chi connectivity index (χ4n) is 2.73. The van der Waals surface area contributed by atoms with Gasteiger partial charge in [-0.3, -0.25) is 9.59 Å². The number of hydrogen-bond acceptors (Lipinski definition) is 7. The van der Waals surface area contributed by atoms with Crippen LogP contribution in [0.2, 0.25) is 0 Å². The molecule has 1 aliphatic rings. The first-order chi connectivity index (χ1) is 12.5. The normalized spacial score (nSPS) is 13.2. The van der Waals surface area contributed by atoms with Crippen LogP contribution in [0.4, 0.5) is 5.69 Å². The number of thiophene rings is 1. The van der Waals surface area contributed by atoms with Gasteiger partial charge in [0.2, 0.25) is 0 Å². The molecule has 0 radical (unpaired) electrons. The topological polar surface area (TPSA) is 81.2 Å². The van der Waals surface area contributed by atoms with Gasteiger partial charge in [-0.05, 0) is 37.6 Å². The third kappa shape index (κ3) is 3.06. The summed E-state index contributed by atoms with van der Waals surface area (Å²) in [5, 5.41) is 4.57. The van der Waals surface area contributed by atoms with Crippen molar-refractivity contribution in [3.05, 3.63) is 40.5 Å². The molecule has 26 heavy (non-hydrogen) atoms. The monoisotopic (exact) mass is 385 g/mol. The molecule has 6 nitrogen and oxygen atoms in total. The van der Waals surface area contributed by atoms with Crippen LogP contribution in [0, 0.1) is 13.8 Å². The number of Topliss-reactive ketones (excluding diaryl/α,β-unsaturated/α-hetero) is 1. The van der Waals surface area contributed by atoms with E-state index in [1.54, 1.807) is 29.5 Å². The number of aryl methyl sites for hydroxylation is 2. The number of fused-ring (bicyclic) bond motifs is 2. The van der Waals surface area contributed by atoms with E-state index in [1.807, 2.05) is 0 Å². The molecule has 0 spiro atoms. The van der Waals surface area contributed by atoms with Gasteiger partial charge in [0.15, 0.2) is 12.4 Å². The molecule has 3 heterocycles. The van der Waals surface area contributed by atoms with Crippen LogP contribution >= 0.6 is 23.1 Å². The van der Waals surface area contributed by atoms with Crippen molar-refractivity contribution in [3.8, 4) is 5.75 Å². The third-order valence-electron chi connectivity index (χ3n) is 4.20. The van der Waals surface area contributed by atoms with E-state index >= 15 is 0 Å². The maximum absolute atomic E-state index is 12.6. The molecular weight excluding hydrogens is 370 g/mol. The van der Waals surface area contributed by atoms with Crippen molar-refractivity contribution in [1.29, 1.82) is 0 Å². The Morgan fingerprint density at radius 3 is 3.04 bits per heavy atom. The number of ketones is 1. The highest BCUT2D eigenvalue weighted by atomic mass is 32.2. The Morgan fingerprint density at radius 1 is 1.35 bits per heavy atom. The molecule has 0 aliphatic carbocycles. The Morgan fingerprint density at radius 2 is 2.19 bits per heavy atom. The molecule has 0 atom stereocenters. The summed E-state index contributed by atoms with van der Waals surface area (Å²) in [7, 11) is 0. The summed E-state index contributed by atoms with van der Waals surface area (Å²) in [6.45, 7) is 4.11. The van der Waals surface area contributed by atoms with Crippen molar-refractivity contribution in [1.82, 2.24) is 9.97 Å². The predicted octanol–water partition coefficient (Wildman–Crippen LogP) is 3.61. The third-order valence-corrected chi connectivity index (χ3v) is 6.31. The van der Waals surface area contributed by atoms with E-state index < -0.39 is 0 Å². The second-order valence-electron chi connectivity index (χ2n) is 5.90. The van der Waals surface area contributed by atoms with Crippen LogP contribution in [0.3, 0.4) is 0 Å². The molecule has 0 saturated carbocycles. The first-order valence-electron chi connectivity index (χ1n) is 7.96. The number of carbonyl (C=O) groups excluding carboxylic acids is 2. The Hall–Kier alpha value is -2.45. The molecule has 2 aromatic heterocycles. The lowest BCUT2D eigenvalue weighted by Gasteiger charge is -2.18. The molecule has 0 saturated heterocycles. The van der Waals surface area contributed by atoms with Crippen LogP contribution in [0.25, 0.3) is 10.2 Å². The Balaban J connectivity index is 1.55. The number of nitrogens with one attached hydrogen (secondary N) is 1. The average Bonchev–Trinajstić information content (AvgIpc) is 2.93. The van der Waals surface area contributed by atoms with E-state index in [0.717, 1.165) is 20.8 Å². The molecule has 0 bridgehead atoms. The molecule has 1 aromatic carbocycles. The average molecular weight is 385 g/mol. The minimum absolute atomic E-state index is 0.000730. The smallest absolute Gasteiger partial charge is 0.262 e. The molecule has 3 aromatic rings. The van der Waals surface area contributed by atoms with Gasteiger partial charge in [0.25, 0.3) is 5.91 Å². The van der Waals surface area contributed by atoms with E-state index in [1.165, 1.54) is 23.0 Å². The Kier molecular flexibility index (Phi) is 4.37. The van der Waals surface area contributed by atoms with Crippen LogP contribution in [0.15, 0.2) is 29.6 Å². The minimum atomic E-state index is -0.219. The largest absolute Gasteiger partial charge is 0.482 e.